The minimum Gasteiger partial charge on any atom is -0.508 e. The van der Waals surface area contributed by atoms with E-state index < -0.39 is 42.3 Å². The molecule has 3 fully saturated rings. The fourth-order valence-electron chi connectivity index (χ4n) is 15.1. The van der Waals surface area contributed by atoms with Crippen molar-refractivity contribution >= 4 is 33.6 Å². The summed E-state index contributed by atoms with van der Waals surface area (Å²) in [5, 5.41) is 67.6. The van der Waals surface area contributed by atoms with Crippen LogP contribution in [0.25, 0.3) is 17.2 Å². The van der Waals surface area contributed by atoms with Crippen molar-refractivity contribution in [2.45, 2.75) is 132 Å². The van der Waals surface area contributed by atoms with Gasteiger partial charge in [-0.2, -0.15) is 0 Å². The van der Waals surface area contributed by atoms with Gasteiger partial charge in [-0.05, 0) is 116 Å². The van der Waals surface area contributed by atoms with Crippen molar-refractivity contribution in [1.82, 2.24) is 16.0 Å². The number of fused-ring (bicyclic) bond motifs is 10. The van der Waals surface area contributed by atoms with E-state index in [4.69, 9.17) is 29.4 Å². The van der Waals surface area contributed by atoms with E-state index in [1.165, 1.54) is 13.3 Å². The molecule has 12 rings (SSSR count). The smallest absolute Gasteiger partial charge is 0.302 e. The standard InChI is InChI=1S/C64H76N4O11S2/c1-35(72)76-31-50-45-12-13-46-56-41(23-44(73)24-53(56)77-34-71)26-64-19-18-36(25-64)21-40-11-17-55(65)68-51(40)15-10-39-9-8-38(6-4-20-69)49(30-75-2)42(29-70)27-66-28-48-57(39)58(61(50)79-62(45)59(46)64)47-14-16-52-54(78-63(47)60(48)74)33-81-80-32-37-5-3-7-43(22-37)67-52/h11-14,16-17,23-24,36-39,42-43,49-50,52,54-55,61,66-71,73-74H,3-7,18-22,25-34,65H2,1-2H3/t36-,37+,38-,39-,42-,43-,49+,50+,52+,54+,55?,61+,64-/m1/s1. The molecule has 9 aliphatic rings. The van der Waals surface area contributed by atoms with Gasteiger partial charge in [0.15, 0.2) is 18.3 Å². The van der Waals surface area contributed by atoms with E-state index in [9.17, 15) is 30.3 Å². The number of hydrogen-bond donors (Lipinski definition) is 9. The number of allylic oxidation sites excluding steroid dienone is 3. The lowest BCUT2D eigenvalue weighted by Crippen LogP contribution is -2.49. The molecule has 2 saturated carbocycles. The fourth-order valence-corrected chi connectivity index (χ4v) is 17.8. The summed E-state index contributed by atoms with van der Waals surface area (Å²) in [4.78, 5) is 13.2. The maximum atomic E-state index is 13.4. The molecule has 15 nitrogen and oxygen atoms in total. The first-order chi connectivity index (χ1) is 39.5. The van der Waals surface area contributed by atoms with Gasteiger partial charge in [0.1, 0.15) is 42.0 Å². The lowest BCUT2D eigenvalue weighted by Gasteiger charge is -2.39. The van der Waals surface area contributed by atoms with Crippen LogP contribution in [0.2, 0.25) is 0 Å². The van der Waals surface area contributed by atoms with E-state index in [1.807, 2.05) is 33.7 Å². The lowest BCUT2D eigenvalue weighted by atomic mass is 9.65. The molecule has 6 heterocycles. The van der Waals surface area contributed by atoms with E-state index in [0.29, 0.717) is 102 Å². The maximum absolute atomic E-state index is 13.4. The highest BCUT2D eigenvalue weighted by molar-refractivity contribution is 8.76. The quantitative estimate of drug-likeness (QED) is 0.0410. The highest BCUT2D eigenvalue weighted by Crippen LogP contribution is 2.64. The molecule has 6 aliphatic heterocycles. The van der Waals surface area contributed by atoms with E-state index in [0.717, 1.165) is 77.7 Å². The van der Waals surface area contributed by atoms with Crippen LogP contribution in [0.4, 0.5) is 0 Å². The Morgan fingerprint density at radius 3 is 2.68 bits per heavy atom. The van der Waals surface area contributed by atoms with Crippen molar-refractivity contribution in [2.75, 3.05) is 58.4 Å². The second kappa shape index (κ2) is 24.1. The minimum atomic E-state index is -0.890. The number of ether oxygens (including phenoxy) is 5. The predicted molar refractivity (Wildman–Crippen MR) is 314 cm³/mol. The van der Waals surface area contributed by atoms with Gasteiger partial charge in [0.25, 0.3) is 0 Å². The summed E-state index contributed by atoms with van der Waals surface area (Å²) in [6, 6.07) is 7.65. The first kappa shape index (κ1) is 56.2. The summed E-state index contributed by atoms with van der Waals surface area (Å²) >= 11 is 0. The number of rotatable bonds is 10. The zero-order valence-corrected chi connectivity index (χ0v) is 47.9. The molecule has 0 radical (unpaired) electrons. The number of aliphatic hydroxyl groups excluding tert-OH is 3. The van der Waals surface area contributed by atoms with Crippen molar-refractivity contribution in [3.8, 4) is 63.6 Å². The Balaban J connectivity index is 1.16. The number of carbonyl (C=O) groups excluding carboxylic acids is 1. The average molecular weight is 1140 g/mol. The monoisotopic (exact) mass is 1140 g/mol. The zero-order valence-electron chi connectivity index (χ0n) is 46.3. The van der Waals surface area contributed by atoms with Crippen LogP contribution in [0, 0.1) is 53.3 Å². The first-order valence-corrected chi connectivity index (χ1v) is 31.7. The van der Waals surface area contributed by atoms with Crippen molar-refractivity contribution in [3.05, 3.63) is 92.7 Å². The van der Waals surface area contributed by atoms with Crippen LogP contribution < -0.4 is 35.9 Å². The van der Waals surface area contributed by atoms with E-state index >= 15 is 0 Å². The van der Waals surface area contributed by atoms with Crippen molar-refractivity contribution in [2.24, 2.45) is 35.3 Å². The number of esters is 1. The minimum absolute atomic E-state index is 0.0337. The van der Waals surface area contributed by atoms with Gasteiger partial charge in [0.2, 0.25) is 0 Å². The number of phenolic OH excluding ortho intramolecular Hbond substituents is 2. The molecule has 3 aromatic carbocycles. The molecule has 1 spiro atoms. The summed E-state index contributed by atoms with van der Waals surface area (Å²) in [5.41, 5.74) is 14.9. The van der Waals surface area contributed by atoms with Gasteiger partial charge in [-0.25, -0.2) is 0 Å². The molecule has 1 saturated heterocycles. The summed E-state index contributed by atoms with van der Waals surface area (Å²) in [5.74, 6) is 15.9. The number of benzene rings is 3. The lowest BCUT2D eigenvalue weighted by molar-refractivity contribution is -0.141. The third-order valence-corrected chi connectivity index (χ3v) is 21.3. The Kier molecular flexibility index (Phi) is 16.7. The Hall–Kier alpha value is -5.31. The highest BCUT2D eigenvalue weighted by atomic mass is 33.1. The number of aliphatic hydroxyl groups is 3. The van der Waals surface area contributed by atoms with Crippen molar-refractivity contribution in [1.29, 1.82) is 0 Å². The molecule has 1 unspecified atom stereocenters. The number of hydrogen-bond acceptors (Lipinski definition) is 17. The summed E-state index contributed by atoms with van der Waals surface area (Å²) in [7, 11) is 5.36. The Morgan fingerprint density at radius 2 is 1.85 bits per heavy atom. The highest BCUT2D eigenvalue weighted by Gasteiger charge is 2.52. The number of methoxy groups -OCH3 is 1. The molecule has 81 heavy (non-hydrogen) atoms. The normalized spacial score (nSPS) is 31.5. The van der Waals surface area contributed by atoms with Gasteiger partial charge >= 0.3 is 5.97 Å². The number of nitrogens with one attached hydrogen (secondary N) is 3. The van der Waals surface area contributed by atoms with Gasteiger partial charge in [-0.3, -0.25) is 4.79 Å². The fraction of sp³-hybridized carbons (Fsp3) is 0.547. The largest absolute Gasteiger partial charge is 0.508 e. The van der Waals surface area contributed by atoms with Crippen LogP contribution >= 0.6 is 21.6 Å². The average Bonchev–Trinajstić information content (AvgIpc) is 2.64. The summed E-state index contributed by atoms with van der Waals surface area (Å²) in [6.07, 6.45) is 16.0. The van der Waals surface area contributed by atoms with E-state index in [2.05, 4.69) is 70.0 Å². The van der Waals surface area contributed by atoms with E-state index in [1.54, 1.807) is 13.2 Å². The number of dihydropyridines is 1. The third kappa shape index (κ3) is 11.0. The Bertz CT molecular complexity index is 3140. The van der Waals surface area contributed by atoms with Crippen LogP contribution in [0.5, 0.6) is 28.7 Å². The van der Waals surface area contributed by atoms with Gasteiger partial charge in [-0.15, -0.1) is 0 Å². The van der Waals surface area contributed by atoms with Crippen LogP contribution in [-0.4, -0.2) is 114 Å². The van der Waals surface area contributed by atoms with Gasteiger partial charge in [-0.1, -0.05) is 76.1 Å². The Labute approximate surface area is 483 Å². The molecular formula is C64H76N4O11S2. The predicted octanol–water partition coefficient (Wildman–Crippen LogP) is 7.71. The van der Waals surface area contributed by atoms with Crippen molar-refractivity contribution < 1.29 is 54.0 Å². The summed E-state index contributed by atoms with van der Waals surface area (Å²) < 4.78 is 33.2. The van der Waals surface area contributed by atoms with Crippen LogP contribution in [0.15, 0.2) is 53.8 Å². The van der Waals surface area contributed by atoms with Gasteiger partial charge < -0.3 is 70.9 Å². The maximum Gasteiger partial charge on any atom is 0.302 e. The first-order valence-electron chi connectivity index (χ1n) is 29.2. The molecule has 3 aliphatic carbocycles. The SMILES string of the molecule is COC[C@@H]1[C@@H](CO)CNCc2c(O)c3c(c4c2[C@@H](C#CC2=C(C=CC(N)N2)C[C@H]2CC[C@]5(Cc6cc(O)cc(OCO)c6-c6ccc7c(c65)O[C@H]4[C@H]7COC(C)=O)C2)C#C[C@H]1CCCO)C=C[C@@H]1N[C@@H]2CCC[C@H](CSSC[C@@H]1O3)C2. The second-order valence-electron chi connectivity index (χ2n) is 23.9. The van der Waals surface area contributed by atoms with Gasteiger partial charge in [0, 0.05) is 121 Å². The number of nitrogens with two attached hydrogens (primary N) is 1. The Morgan fingerprint density at radius 1 is 0.975 bits per heavy atom. The summed E-state index contributed by atoms with van der Waals surface area (Å²) in [6.45, 7) is 1.43. The topological polar surface area (TPSA) is 226 Å². The number of carbonyl (C=O) groups is 1. The molecular weight excluding hydrogens is 1060 g/mol. The molecule has 17 heteroatoms. The number of aromatic hydroxyl groups is 2. The van der Waals surface area contributed by atoms with Gasteiger partial charge in [0.05, 0.1) is 30.4 Å². The van der Waals surface area contributed by atoms with Crippen LogP contribution in [-0.2, 0) is 32.6 Å². The molecule has 0 aromatic heterocycles. The zero-order chi connectivity index (χ0) is 55.9. The van der Waals surface area contributed by atoms with Crippen molar-refractivity contribution in [3.63, 3.8) is 0 Å². The van der Waals surface area contributed by atoms with E-state index in [-0.39, 0.29) is 73.7 Å². The molecule has 13 atom stereocenters. The second-order valence-corrected chi connectivity index (χ2v) is 26.4. The molecule has 6 bridgehead atoms. The molecule has 3 aromatic rings. The molecule has 430 valence electrons. The van der Waals surface area contributed by atoms with Crippen LogP contribution in [0.1, 0.15) is 128 Å². The molecule has 10 N–H and O–H groups in total. The van der Waals surface area contributed by atoms with Crippen LogP contribution in [0.3, 0.4) is 0 Å². The third-order valence-electron chi connectivity index (χ3n) is 18.8. The number of phenols is 2. The molecule has 0 amide bonds.